The Labute approximate surface area is 239 Å². The molecule has 0 aromatic heterocycles. The molecule has 0 saturated carbocycles. The Morgan fingerprint density at radius 3 is 2.03 bits per heavy atom. The lowest BCUT2D eigenvalue weighted by Gasteiger charge is -2.29. The van der Waals surface area contributed by atoms with Gasteiger partial charge in [0.2, 0.25) is 0 Å². The lowest BCUT2D eigenvalue weighted by molar-refractivity contribution is 0.240. The van der Waals surface area contributed by atoms with Crippen molar-refractivity contribution in [2.45, 2.75) is 39.7 Å². The third-order valence-electron chi connectivity index (χ3n) is 6.94. The highest BCUT2D eigenvalue weighted by molar-refractivity contribution is 5.31. The van der Waals surface area contributed by atoms with Gasteiger partial charge in [-0.25, -0.2) is 0 Å². The van der Waals surface area contributed by atoms with Crippen molar-refractivity contribution in [2.75, 3.05) is 60.6 Å². The predicted octanol–water partition coefficient (Wildman–Crippen LogP) is 5.88. The van der Waals surface area contributed by atoms with Crippen LogP contribution >= 0.6 is 0 Å². The average molecular weight is 535 g/mol. The van der Waals surface area contributed by atoms with E-state index in [1.54, 1.807) is 0 Å². The molecule has 0 unspecified atom stereocenters. The predicted molar refractivity (Wildman–Crippen MR) is 170 cm³/mol. The number of likely N-dealkylation sites (N-methyl/N-ethyl adjacent to an activating group) is 1. The molecular formula is C34H54N4O. The van der Waals surface area contributed by atoms with E-state index >= 15 is 0 Å². The molecule has 3 N–H and O–H groups in total. The van der Waals surface area contributed by atoms with Gasteiger partial charge >= 0.3 is 0 Å². The van der Waals surface area contributed by atoms with Crippen LogP contribution in [0.25, 0.3) is 0 Å². The topological polar surface area (TPSA) is 50.8 Å². The first kappa shape index (κ1) is 34.5. The van der Waals surface area contributed by atoms with Crippen LogP contribution in [-0.2, 0) is 0 Å². The molecule has 1 aliphatic rings. The Kier molecular flexibility index (Phi) is 19.7. The Morgan fingerprint density at radius 1 is 0.974 bits per heavy atom. The third kappa shape index (κ3) is 14.4. The fraction of sp³-hybridized carbons (Fsp3) is 0.471. The van der Waals surface area contributed by atoms with Crippen LogP contribution in [0.15, 0.2) is 96.6 Å². The van der Waals surface area contributed by atoms with Crippen LogP contribution in [0.5, 0.6) is 0 Å². The maximum absolute atomic E-state index is 7.00. The lowest BCUT2D eigenvalue weighted by atomic mass is 9.88. The van der Waals surface area contributed by atoms with Crippen LogP contribution in [0.4, 0.5) is 0 Å². The summed E-state index contributed by atoms with van der Waals surface area (Å²) in [6, 6.07) is 21.4. The van der Waals surface area contributed by atoms with E-state index in [4.69, 9.17) is 5.11 Å². The molecule has 216 valence electrons. The molecule has 1 heterocycles. The second kappa shape index (κ2) is 22.3. The molecule has 2 aromatic rings. The molecule has 5 heteroatoms. The number of nitrogens with zero attached hydrogens (tertiary/aromatic N) is 2. The van der Waals surface area contributed by atoms with Crippen LogP contribution in [0.1, 0.15) is 50.8 Å². The van der Waals surface area contributed by atoms with Crippen LogP contribution in [-0.4, -0.2) is 75.5 Å². The highest BCUT2D eigenvalue weighted by Crippen LogP contribution is 2.25. The van der Waals surface area contributed by atoms with Crippen molar-refractivity contribution in [1.29, 1.82) is 0 Å². The van der Waals surface area contributed by atoms with E-state index in [1.807, 2.05) is 0 Å². The van der Waals surface area contributed by atoms with Crippen molar-refractivity contribution >= 4 is 0 Å². The lowest BCUT2D eigenvalue weighted by Crippen LogP contribution is -2.36. The molecule has 0 aliphatic carbocycles. The molecule has 0 bridgehead atoms. The van der Waals surface area contributed by atoms with E-state index in [1.165, 1.54) is 42.6 Å². The zero-order valence-corrected chi connectivity index (χ0v) is 25.3. The maximum atomic E-state index is 7.00. The van der Waals surface area contributed by atoms with Crippen LogP contribution in [0.3, 0.4) is 0 Å². The number of allylic oxidation sites excluding steroid dienone is 6. The summed E-state index contributed by atoms with van der Waals surface area (Å²) in [5.74, 6) is 0.758. The molecule has 1 aliphatic heterocycles. The van der Waals surface area contributed by atoms with Gasteiger partial charge in [0.05, 0.1) is 6.04 Å². The van der Waals surface area contributed by atoms with Crippen molar-refractivity contribution in [3.63, 3.8) is 0 Å². The normalized spacial score (nSPS) is 14.9. The molecule has 1 saturated heterocycles. The molecule has 2 aromatic carbocycles. The van der Waals surface area contributed by atoms with Gasteiger partial charge in [0.25, 0.3) is 0 Å². The van der Waals surface area contributed by atoms with Crippen LogP contribution in [0, 0.1) is 5.92 Å². The van der Waals surface area contributed by atoms with Gasteiger partial charge in [-0.05, 0) is 83.0 Å². The minimum atomic E-state index is 0.221. The summed E-state index contributed by atoms with van der Waals surface area (Å²) in [7, 11) is 5.35. The fourth-order valence-corrected chi connectivity index (χ4v) is 4.48. The smallest absolute Gasteiger partial charge is 0.0586 e. The van der Waals surface area contributed by atoms with E-state index in [9.17, 15) is 0 Å². The zero-order chi connectivity index (χ0) is 28.7. The maximum Gasteiger partial charge on any atom is 0.0586 e. The van der Waals surface area contributed by atoms with Gasteiger partial charge < -0.3 is 20.2 Å². The second-order valence-corrected chi connectivity index (χ2v) is 9.80. The largest absolute Gasteiger partial charge is 0.400 e. The third-order valence-corrected chi connectivity index (χ3v) is 6.94. The molecule has 3 rings (SSSR count). The number of likely N-dealkylation sites (tertiary alicyclic amines) is 1. The molecule has 0 amide bonds. The van der Waals surface area contributed by atoms with Crippen molar-refractivity contribution < 1.29 is 5.11 Å². The summed E-state index contributed by atoms with van der Waals surface area (Å²) in [4.78, 5) is 4.72. The summed E-state index contributed by atoms with van der Waals surface area (Å²) < 4.78 is 0. The van der Waals surface area contributed by atoms with Gasteiger partial charge in [0, 0.05) is 26.9 Å². The molecule has 0 spiro atoms. The Hall–Kier alpha value is -2.54. The van der Waals surface area contributed by atoms with E-state index in [2.05, 4.69) is 146 Å². The highest BCUT2D eigenvalue weighted by Gasteiger charge is 2.18. The van der Waals surface area contributed by atoms with Crippen molar-refractivity contribution in [3.8, 4) is 0 Å². The van der Waals surface area contributed by atoms with Gasteiger partial charge in [-0.1, -0.05) is 98.0 Å². The van der Waals surface area contributed by atoms with E-state index in [-0.39, 0.29) is 6.04 Å². The Morgan fingerprint density at radius 2 is 1.54 bits per heavy atom. The Bertz CT molecular complexity index is 879. The average Bonchev–Trinajstić information content (AvgIpc) is 2.99. The monoisotopic (exact) mass is 534 g/mol. The number of rotatable bonds is 12. The first-order valence-corrected chi connectivity index (χ1v) is 14.4. The highest BCUT2D eigenvalue weighted by atomic mass is 16.2. The SMILES string of the molecule is CCN(C)CCNCNC(c1ccccc1)c1ccccc1.CO.C\C=C/C=C(\C=C/C)C1CCN(C)CC1. The van der Waals surface area contributed by atoms with E-state index in [0.717, 1.165) is 39.3 Å². The summed E-state index contributed by atoms with van der Waals surface area (Å²) in [5, 5.41) is 14.1. The number of nitrogens with one attached hydrogen (secondary N) is 2. The standard InChI is InChI=1S/C19H27N3.C14H23N.CH4O/c1-3-22(2)15-14-20-16-21-19(17-10-6-4-7-11-17)18-12-8-5-9-13-18;1-4-6-8-13(7-5-2)14-9-11-15(3)12-10-14;1-2/h4-13,19-21H,3,14-16H2,1-2H3;4-8,14H,9-12H2,1-3H3;2H,1H3/b;6-4-,7-5-,13-8+;. The number of hydrogen-bond acceptors (Lipinski definition) is 5. The van der Waals surface area contributed by atoms with Gasteiger partial charge in [-0.15, -0.1) is 0 Å². The number of aliphatic hydroxyl groups excluding tert-OH is 1. The molecular weight excluding hydrogens is 480 g/mol. The van der Waals surface area contributed by atoms with E-state index < -0.39 is 0 Å². The van der Waals surface area contributed by atoms with Crippen LogP contribution < -0.4 is 10.6 Å². The molecule has 0 atom stereocenters. The zero-order valence-electron chi connectivity index (χ0n) is 25.3. The minimum Gasteiger partial charge on any atom is -0.400 e. The molecule has 5 nitrogen and oxygen atoms in total. The minimum absolute atomic E-state index is 0.221. The first-order valence-electron chi connectivity index (χ1n) is 14.4. The van der Waals surface area contributed by atoms with Crippen molar-refractivity contribution in [2.24, 2.45) is 5.92 Å². The second-order valence-electron chi connectivity index (χ2n) is 9.80. The quantitative estimate of drug-likeness (QED) is 0.180. The number of hydrogen-bond donors (Lipinski definition) is 3. The van der Waals surface area contributed by atoms with Crippen molar-refractivity contribution in [1.82, 2.24) is 20.4 Å². The summed E-state index contributed by atoms with van der Waals surface area (Å²) in [6.45, 7) is 12.8. The number of aliphatic hydroxyl groups is 1. The van der Waals surface area contributed by atoms with Crippen molar-refractivity contribution in [3.05, 3.63) is 108 Å². The summed E-state index contributed by atoms with van der Waals surface area (Å²) in [6.07, 6.45) is 13.5. The first-order chi connectivity index (χ1) is 19.1. The summed E-state index contributed by atoms with van der Waals surface area (Å²) in [5.41, 5.74) is 4.08. The summed E-state index contributed by atoms with van der Waals surface area (Å²) >= 11 is 0. The molecule has 0 radical (unpaired) electrons. The molecule has 1 fully saturated rings. The van der Waals surface area contributed by atoms with Gasteiger partial charge in [0.1, 0.15) is 0 Å². The molecule has 39 heavy (non-hydrogen) atoms. The number of benzene rings is 2. The van der Waals surface area contributed by atoms with Gasteiger partial charge in [-0.3, -0.25) is 5.32 Å². The van der Waals surface area contributed by atoms with Gasteiger partial charge in [-0.2, -0.15) is 0 Å². The number of piperidine rings is 1. The fourth-order valence-electron chi connectivity index (χ4n) is 4.48. The Balaban J connectivity index is 0.000000391. The van der Waals surface area contributed by atoms with Gasteiger partial charge in [0.15, 0.2) is 0 Å². The van der Waals surface area contributed by atoms with Crippen LogP contribution in [0.2, 0.25) is 0 Å². The van der Waals surface area contributed by atoms with E-state index in [0.29, 0.717) is 0 Å².